The van der Waals surface area contributed by atoms with Crippen molar-refractivity contribution in [1.82, 2.24) is 10.2 Å². The molecule has 0 aliphatic heterocycles. The summed E-state index contributed by atoms with van der Waals surface area (Å²) in [4.78, 5) is 13.4. The highest BCUT2D eigenvalue weighted by Crippen LogP contribution is 2.17. The molecule has 0 saturated carbocycles. The maximum absolute atomic E-state index is 13.1. The molecule has 0 radical (unpaired) electrons. The number of hydrogen-bond acceptors (Lipinski definition) is 2. The minimum absolute atomic E-state index is 0.0589. The number of rotatable bonds is 6. The lowest BCUT2D eigenvalue weighted by Gasteiger charge is -2.21. The van der Waals surface area contributed by atoms with Crippen molar-refractivity contribution in [3.63, 3.8) is 0 Å². The van der Waals surface area contributed by atoms with Crippen LogP contribution in [0.15, 0.2) is 22.7 Å². The van der Waals surface area contributed by atoms with Gasteiger partial charge in [0.05, 0.1) is 4.47 Å². The van der Waals surface area contributed by atoms with Crippen LogP contribution < -0.4 is 5.32 Å². The van der Waals surface area contributed by atoms with Gasteiger partial charge in [0.2, 0.25) is 0 Å². The molecule has 20 heavy (non-hydrogen) atoms. The quantitative estimate of drug-likeness (QED) is 0.831. The van der Waals surface area contributed by atoms with Crippen LogP contribution in [0.2, 0.25) is 0 Å². The van der Waals surface area contributed by atoms with E-state index in [1.54, 1.807) is 19.2 Å². The minimum atomic E-state index is -0.297. The van der Waals surface area contributed by atoms with Gasteiger partial charge in [-0.1, -0.05) is 6.07 Å². The third-order valence-electron chi connectivity index (χ3n) is 2.89. The summed E-state index contributed by atoms with van der Waals surface area (Å²) in [6, 6.07) is 4.59. The number of aliphatic hydroxyl groups excluding tert-OH is 1. The molecule has 1 aromatic carbocycles. The van der Waals surface area contributed by atoms with Crippen molar-refractivity contribution in [3.8, 4) is 0 Å². The van der Waals surface area contributed by atoms with Gasteiger partial charge in [-0.2, -0.15) is 0 Å². The van der Waals surface area contributed by atoms with Gasteiger partial charge < -0.3 is 15.3 Å². The Morgan fingerprint density at radius 2 is 2.25 bits per heavy atom. The Hall–Kier alpha value is -1.14. The summed E-state index contributed by atoms with van der Waals surface area (Å²) in [5.74, 6) is -0.297. The number of nitrogens with zero attached hydrogens (tertiary/aromatic N) is 1. The highest BCUT2D eigenvalue weighted by atomic mass is 79.9. The van der Waals surface area contributed by atoms with E-state index in [-0.39, 0.29) is 24.5 Å². The van der Waals surface area contributed by atoms with Crippen LogP contribution in [0.5, 0.6) is 0 Å². The van der Waals surface area contributed by atoms with Gasteiger partial charge in [0, 0.05) is 26.2 Å². The third kappa shape index (κ3) is 5.46. The standard InChI is InChI=1S/C14H20BrFN2O2/c1-10(17-14(20)18(2)6-3-7-19)8-11-4-5-13(16)12(15)9-11/h4-5,9-10,19H,3,6-8H2,1-2H3,(H,17,20). The molecular formula is C14H20BrFN2O2. The monoisotopic (exact) mass is 346 g/mol. The molecule has 0 bridgehead atoms. The summed E-state index contributed by atoms with van der Waals surface area (Å²) >= 11 is 3.14. The van der Waals surface area contributed by atoms with E-state index in [9.17, 15) is 9.18 Å². The number of carbonyl (C=O) groups is 1. The summed E-state index contributed by atoms with van der Waals surface area (Å²) in [6.07, 6.45) is 1.18. The summed E-state index contributed by atoms with van der Waals surface area (Å²) in [6.45, 7) is 2.48. The van der Waals surface area contributed by atoms with E-state index >= 15 is 0 Å². The van der Waals surface area contributed by atoms with Crippen LogP contribution >= 0.6 is 15.9 Å². The van der Waals surface area contributed by atoms with Gasteiger partial charge in [-0.15, -0.1) is 0 Å². The molecule has 0 heterocycles. The van der Waals surface area contributed by atoms with Crippen LogP contribution in [0.25, 0.3) is 0 Å². The van der Waals surface area contributed by atoms with Crippen molar-refractivity contribution >= 4 is 22.0 Å². The first-order valence-corrected chi connectivity index (χ1v) is 7.29. The number of halogens is 2. The predicted molar refractivity (Wildman–Crippen MR) is 80.1 cm³/mol. The first-order chi connectivity index (χ1) is 9.43. The highest BCUT2D eigenvalue weighted by molar-refractivity contribution is 9.10. The maximum Gasteiger partial charge on any atom is 0.317 e. The van der Waals surface area contributed by atoms with E-state index < -0.39 is 0 Å². The molecule has 112 valence electrons. The number of urea groups is 1. The number of carbonyl (C=O) groups excluding carboxylic acids is 1. The van der Waals surface area contributed by atoms with Crippen molar-refractivity contribution in [2.75, 3.05) is 20.2 Å². The molecule has 6 heteroatoms. The van der Waals surface area contributed by atoms with E-state index in [1.165, 1.54) is 11.0 Å². The molecule has 0 aliphatic rings. The van der Waals surface area contributed by atoms with Crippen LogP contribution in [-0.2, 0) is 6.42 Å². The first kappa shape index (κ1) is 16.9. The fourth-order valence-corrected chi connectivity index (χ4v) is 2.23. The molecule has 0 fully saturated rings. The SMILES string of the molecule is CC(Cc1ccc(F)c(Br)c1)NC(=O)N(C)CCCO. The van der Waals surface area contributed by atoms with Crippen molar-refractivity contribution < 1.29 is 14.3 Å². The molecule has 0 spiro atoms. The number of aliphatic hydroxyl groups is 1. The smallest absolute Gasteiger partial charge is 0.317 e. The molecule has 1 rings (SSSR count). The van der Waals surface area contributed by atoms with E-state index in [2.05, 4.69) is 21.2 Å². The topological polar surface area (TPSA) is 52.6 Å². The van der Waals surface area contributed by atoms with Gasteiger partial charge in [0.15, 0.2) is 0 Å². The highest BCUT2D eigenvalue weighted by Gasteiger charge is 2.12. The van der Waals surface area contributed by atoms with Gasteiger partial charge in [0.1, 0.15) is 5.82 Å². The second-order valence-corrected chi connectivity index (χ2v) is 5.66. The zero-order valence-electron chi connectivity index (χ0n) is 11.7. The van der Waals surface area contributed by atoms with E-state index in [0.717, 1.165) is 5.56 Å². The van der Waals surface area contributed by atoms with Crippen molar-refractivity contribution in [3.05, 3.63) is 34.1 Å². The molecule has 1 aromatic rings. The molecule has 0 aromatic heterocycles. The molecular weight excluding hydrogens is 327 g/mol. The zero-order valence-corrected chi connectivity index (χ0v) is 13.3. The van der Waals surface area contributed by atoms with Gasteiger partial charge in [0.25, 0.3) is 0 Å². The summed E-state index contributed by atoms with van der Waals surface area (Å²) < 4.78 is 13.6. The van der Waals surface area contributed by atoms with Gasteiger partial charge in [-0.05, 0) is 53.4 Å². The summed E-state index contributed by atoms with van der Waals surface area (Å²) in [7, 11) is 1.69. The largest absolute Gasteiger partial charge is 0.396 e. The van der Waals surface area contributed by atoms with Crippen LogP contribution in [0, 0.1) is 5.82 Å². The Morgan fingerprint density at radius 1 is 1.55 bits per heavy atom. The van der Waals surface area contributed by atoms with Gasteiger partial charge >= 0.3 is 6.03 Å². The molecule has 2 N–H and O–H groups in total. The fraction of sp³-hybridized carbons (Fsp3) is 0.500. The van der Waals surface area contributed by atoms with Crippen molar-refractivity contribution in [1.29, 1.82) is 0 Å². The molecule has 4 nitrogen and oxygen atoms in total. The van der Waals surface area contributed by atoms with Gasteiger partial charge in [-0.25, -0.2) is 9.18 Å². The van der Waals surface area contributed by atoms with E-state index in [4.69, 9.17) is 5.11 Å². The fourth-order valence-electron chi connectivity index (χ4n) is 1.80. The van der Waals surface area contributed by atoms with Crippen LogP contribution in [0.4, 0.5) is 9.18 Å². The Morgan fingerprint density at radius 3 is 2.85 bits per heavy atom. The zero-order chi connectivity index (χ0) is 15.1. The van der Waals surface area contributed by atoms with Gasteiger partial charge in [-0.3, -0.25) is 0 Å². The van der Waals surface area contributed by atoms with Crippen LogP contribution in [0.3, 0.4) is 0 Å². The van der Waals surface area contributed by atoms with Crippen LogP contribution in [-0.4, -0.2) is 42.3 Å². The molecule has 0 saturated heterocycles. The lowest BCUT2D eigenvalue weighted by molar-refractivity contribution is 0.198. The Kier molecular flexibility index (Phi) is 6.95. The normalized spacial score (nSPS) is 12.1. The second kappa shape index (κ2) is 8.21. The second-order valence-electron chi connectivity index (χ2n) is 4.80. The lowest BCUT2D eigenvalue weighted by Crippen LogP contribution is -2.43. The summed E-state index contributed by atoms with van der Waals surface area (Å²) in [5, 5.41) is 11.6. The van der Waals surface area contributed by atoms with E-state index in [1.807, 2.05) is 6.92 Å². The molecule has 2 amide bonds. The number of hydrogen-bond donors (Lipinski definition) is 2. The van der Waals surface area contributed by atoms with E-state index in [0.29, 0.717) is 23.9 Å². The number of amides is 2. The predicted octanol–water partition coefficient (Wildman–Crippen LogP) is 2.54. The van der Waals surface area contributed by atoms with Crippen molar-refractivity contribution in [2.45, 2.75) is 25.8 Å². The minimum Gasteiger partial charge on any atom is -0.396 e. The number of benzene rings is 1. The Balaban J connectivity index is 2.48. The molecule has 1 atom stereocenters. The third-order valence-corrected chi connectivity index (χ3v) is 3.50. The number of nitrogens with one attached hydrogen (secondary N) is 1. The van der Waals surface area contributed by atoms with Crippen molar-refractivity contribution in [2.24, 2.45) is 0 Å². The summed E-state index contributed by atoms with van der Waals surface area (Å²) in [5.41, 5.74) is 0.948. The molecule has 0 aliphatic carbocycles. The lowest BCUT2D eigenvalue weighted by atomic mass is 10.1. The van der Waals surface area contributed by atoms with Crippen LogP contribution in [0.1, 0.15) is 18.9 Å². The first-order valence-electron chi connectivity index (χ1n) is 6.50. The average molecular weight is 347 g/mol. The molecule has 1 unspecified atom stereocenters. The maximum atomic E-state index is 13.1. The Labute approximate surface area is 127 Å². The average Bonchev–Trinajstić information content (AvgIpc) is 2.40. The Bertz CT molecular complexity index is 457.